The standard InChI is InChI=1S/C15H20N2O/c1-16-7-9-17(10-8-16)15-4-2-3-12-5-6-13(18)11-14(12)15/h3,5-6,11,18H,2,4,7-10H2,1H3. The van der Waals surface area contributed by atoms with E-state index in [0.29, 0.717) is 5.75 Å². The van der Waals surface area contributed by atoms with Crippen LogP contribution in [0, 0.1) is 0 Å². The quantitative estimate of drug-likeness (QED) is 0.771. The third kappa shape index (κ3) is 2.10. The number of rotatable bonds is 1. The molecule has 1 aliphatic carbocycles. The first kappa shape index (κ1) is 11.6. The summed E-state index contributed by atoms with van der Waals surface area (Å²) in [5, 5.41) is 12.2. The van der Waals surface area contributed by atoms with E-state index in [2.05, 4.69) is 22.9 Å². The van der Waals surface area contributed by atoms with Gasteiger partial charge in [-0.1, -0.05) is 12.1 Å². The number of aromatic hydroxyl groups is 1. The third-order valence-corrected chi connectivity index (χ3v) is 3.98. The second kappa shape index (κ2) is 4.65. The van der Waals surface area contributed by atoms with Crippen molar-refractivity contribution in [3.8, 4) is 5.75 Å². The van der Waals surface area contributed by atoms with Crippen molar-refractivity contribution >= 4 is 11.8 Å². The predicted molar refractivity (Wildman–Crippen MR) is 73.5 cm³/mol. The molecule has 0 aromatic heterocycles. The molecule has 3 nitrogen and oxygen atoms in total. The molecule has 96 valence electrons. The highest BCUT2D eigenvalue weighted by atomic mass is 16.3. The second-order valence-corrected chi connectivity index (χ2v) is 5.25. The van der Waals surface area contributed by atoms with E-state index in [1.807, 2.05) is 12.1 Å². The summed E-state index contributed by atoms with van der Waals surface area (Å²) in [6.45, 7) is 4.45. The molecule has 0 unspecified atom stereocenters. The normalized spacial score (nSPS) is 20.5. The molecule has 3 rings (SSSR count). The van der Waals surface area contributed by atoms with Crippen LogP contribution in [0.25, 0.3) is 11.8 Å². The fraction of sp³-hybridized carbons (Fsp3) is 0.467. The number of hydrogen-bond acceptors (Lipinski definition) is 3. The van der Waals surface area contributed by atoms with E-state index in [-0.39, 0.29) is 0 Å². The number of nitrogens with zero attached hydrogens (tertiary/aromatic N) is 2. The van der Waals surface area contributed by atoms with Crippen molar-refractivity contribution in [2.75, 3.05) is 33.2 Å². The predicted octanol–water partition coefficient (Wildman–Crippen LogP) is 0.322. The lowest BCUT2D eigenvalue weighted by atomic mass is 10.0. The van der Waals surface area contributed by atoms with E-state index >= 15 is 0 Å². The molecular weight excluding hydrogens is 224 g/mol. The molecule has 0 atom stereocenters. The van der Waals surface area contributed by atoms with Crippen LogP contribution in [-0.4, -0.2) is 48.1 Å². The van der Waals surface area contributed by atoms with Crippen molar-refractivity contribution in [2.24, 2.45) is 0 Å². The van der Waals surface area contributed by atoms with E-state index < -0.39 is 0 Å². The molecule has 1 fully saturated rings. The Balaban J connectivity index is 2.04. The van der Waals surface area contributed by atoms with Gasteiger partial charge in [0, 0.05) is 37.1 Å². The highest BCUT2D eigenvalue weighted by Crippen LogP contribution is 2.16. The van der Waals surface area contributed by atoms with Gasteiger partial charge < -0.3 is 14.9 Å². The van der Waals surface area contributed by atoms with Crippen LogP contribution in [0.5, 0.6) is 5.75 Å². The maximum absolute atomic E-state index is 9.69. The minimum Gasteiger partial charge on any atom is -0.508 e. The smallest absolute Gasteiger partial charge is 0.116 e. The Bertz CT molecular complexity index is 556. The summed E-state index contributed by atoms with van der Waals surface area (Å²) >= 11 is 0. The number of piperazine rings is 1. The summed E-state index contributed by atoms with van der Waals surface area (Å²) in [7, 11) is 2.18. The number of phenols is 1. The third-order valence-electron chi connectivity index (χ3n) is 3.98. The van der Waals surface area contributed by atoms with Gasteiger partial charge in [-0.15, -0.1) is 0 Å². The molecule has 2 aliphatic rings. The van der Waals surface area contributed by atoms with Gasteiger partial charge >= 0.3 is 0 Å². The molecule has 0 amide bonds. The first-order valence-corrected chi connectivity index (χ1v) is 6.70. The number of phenolic OH excluding ortho intramolecular Hbond substituents is 1. The maximum Gasteiger partial charge on any atom is 0.116 e. The topological polar surface area (TPSA) is 26.7 Å². The molecule has 3 heteroatoms. The molecule has 0 spiro atoms. The summed E-state index contributed by atoms with van der Waals surface area (Å²) in [5.74, 6) is 0.371. The van der Waals surface area contributed by atoms with Crippen LogP contribution in [-0.2, 0) is 0 Å². The Morgan fingerprint density at radius 3 is 2.67 bits per heavy atom. The maximum atomic E-state index is 9.69. The second-order valence-electron chi connectivity index (χ2n) is 5.25. The lowest BCUT2D eigenvalue weighted by Crippen LogP contribution is -2.46. The SMILES string of the molecule is CN1CCN(C2=c3cc(O)ccc3=CCC2)CC1. The van der Waals surface area contributed by atoms with E-state index in [0.717, 1.165) is 39.0 Å². The number of hydrogen-bond donors (Lipinski definition) is 1. The first-order chi connectivity index (χ1) is 8.74. The van der Waals surface area contributed by atoms with Gasteiger partial charge in [-0.05, 0) is 37.2 Å². The summed E-state index contributed by atoms with van der Waals surface area (Å²) in [4.78, 5) is 4.86. The summed E-state index contributed by atoms with van der Waals surface area (Å²) in [6.07, 6.45) is 4.48. The van der Waals surface area contributed by atoms with Gasteiger partial charge in [-0.3, -0.25) is 0 Å². The Hall–Kier alpha value is -1.48. The number of likely N-dealkylation sites (N-methyl/N-ethyl adjacent to an activating group) is 1. The largest absolute Gasteiger partial charge is 0.508 e. The van der Waals surface area contributed by atoms with Crippen molar-refractivity contribution < 1.29 is 5.11 Å². The van der Waals surface area contributed by atoms with Crippen LogP contribution >= 0.6 is 0 Å². The molecule has 1 saturated heterocycles. The molecule has 1 N–H and O–H groups in total. The van der Waals surface area contributed by atoms with Gasteiger partial charge in [0.1, 0.15) is 5.75 Å². The van der Waals surface area contributed by atoms with Crippen molar-refractivity contribution in [3.05, 3.63) is 28.6 Å². The highest BCUT2D eigenvalue weighted by molar-refractivity contribution is 5.51. The van der Waals surface area contributed by atoms with E-state index in [1.165, 1.54) is 16.1 Å². The van der Waals surface area contributed by atoms with Crippen LogP contribution in [0.4, 0.5) is 0 Å². The Morgan fingerprint density at radius 1 is 1.11 bits per heavy atom. The molecular formula is C15H20N2O. The molecule has 18 heavy (non-hydrogen) atoms. The minimum atomic E-state index is 0.371. The Kier molecular flexibility index (Phi) is 3.00. The van der Waals surface area contributed by atoms with Crippen molar-refractivity contribution in [1.82, 2.24) is 9.80 Å². The Labute approximate surface area is 108 Å². The monoisotopic (exact) mass is 244 g/mol. The van der Waals surface area contributed by atoms with E-state index in [4.69, 9.17) is 0 Å². The number of benzene rings is 1. The van der Waals surface area contributed by atoms with Crippen LogP contribution < -0.4 is 10.4 Å². The molecule has 0 bridgehead atoms. The molecule has 0 saturated carbocycles. The van der Waals surface area contributed by atoms with Gasteiger partial charge in [0.05, 0.1) is 0 Å². The molecule has 1 aliphatic heterocycles. The van der Waals surface area contributed by atoms with Gasteiger partial charge in [0.15, 0.2) is 0 Å². The molecule has 0 radical (unpaired) electrons. The fourth-order valence-corrected chi connectivity index (χ4v) is 2.88. The first-order valence-electron chi connectivity index (χ1n) is 6.70. The average Bonchev–Trinajstić information content (AvgIpc) is 2.39. The molecule has 1 aromatic carbocycles. The summed E-state index contributed by atoms with van der Waals surface area (Å²) in [5.41, 5.74) is 1.41. The van der Waals surface area contributed by atoms with Crippen LogP contribution in [0.15, 0.2) is 18.2 Å². The lowest BCUT2D eigenvalue weighted by Gasteiger charge is -2.36. The zero-order valence-electron chi connectivity index (χ0n) is 10.9. The van der Waals surface area contributed by atoms with E-state index in [9.17, 15) is 5.11 Å². The van der Waals surface area contributed by atoms with Crippen molar-refractivity contribution in [1.29, 1.82) is 0 Å². The van der Waals surface area contributed by atoms with Crippen LogP contribution in [0.2, 0.25) is 0 Å². The Morgan fingerprint density at radius 2 is 1.89 bits per heavy atom. The highest BCUT2D eigenvalue weighted by Gasteiger charge is 2.18. The van der Waals surface area contributed by atoms with Gasteiger partial charge in [0.2, 0.25) is 0 Å². The molecule has 1 heterocycles. The lowest BCUT2D eigenvalue weighted by molar-refractivity contribution is 0.202. The fourth-order valence-electron chi connectivity index (χ4n) is 2.88. The molecule has 1 aromatic rings. The average molecular weight is 244 g/mol. The minimum absolute atomic E-state index is 0.371. The van der Waals surface area contributed by atoms with Gasteiger partial charge in [-0.25, -0.2) is 0 Å². The van der Waals surface area contributed by atoms with Crippen molar-refractivity contribution in [2.45, 2.75) is 12.8 Å². The van der Waals surface area contributed by atoms with E-state index in [1.54, 1.807) is 6.07 Å². The van der Waals surface area contributed by atoms with Crippen LogP contribution in [0.3, 0.4) is 0 Å². The zero-order valence-corrected chi connectivity index (χ0v) is 10.9. The number of fused-ring (bicyclic) bond motifs is 1. The van der Waals surface area contributed by atoms with Crippen LogP contribution in [0.1, 0.15) is 12.8 Å². The summed E-state index contributed by atoms with van der Waals surface area (Å²) in [6, 6.07) is 5.72. The van der Waals surface area contributed by atoms with Gasteiger partial charge in [-0.2, -0.15) is 0 Å². The van der Waals surface area contributed by atoms with Gasteiger partial charge in [0.25, 0.3) is 0 Å². The van der Waals surface area contributed by atoms with Crippen molar-refractivity contribution in [3.63, 3.8) is 0 Å². The zero-order chi connectivity index (χ0) is 12.5. The summed E-state index contributed by atoms with van der Waals surface area (Å²) < 4.78 is 0.